The van der Waals surface area contributed by atoms with E-state index in [1.54, 1.807) is 4.68 Å². The fourth-order valence-corrected chi connectivity index (χ4v) is 7.22. The van der Waals surface area contributed by atoms with Crippen LogP contribution in [0.25, 0.3) is 0 Å². The number of rotatable bonds is 8. The van der Waals surface area contributed by atoms with Gasteiger partial charge in [-0.1, -0.05) is 0 Å². The molecule has 2 heterocycles. The minimum Gasteiger partial charge on any atom is -0.350 e. The van der Waals surface area contributed by atoms with Crippen LogP contribution in [0.2, 0.25) is 0 Å². The number of carbonyl (C=O) groups excluding carboxylic acids is 1. The SMILES string of the molecule is O=C(NCCCn1nc(C(F)(F)F)cc1C1CC1)c1nn(C23CC4CC(CC(C4)C2)C3)cc1[N+](=O)[O-]. The van der Waals surface area contributed by atoms with Gasteiger partial charge in [-0.05, 0) is 81.6 Å². The fourth-order valence-electron chi connectivity index (χ4n) is 7.22. The number of carbonyl (C=O) groups is 1. The summed E-state index contributed by atoms with van der Waals surface area (Å²) in [4.78, 5) is 24.1. The predicted molar refractivity (Wildman–Crippen MR) is 121 cm³/mol. The van der Waals surface area contributed by atoms with Crippen LogP contribution in [0.5, 0.6) is 0 Å². The Bertz CT molecular complexity index is 1160. The molecule has 0 saturated heterocycles. The lowest BCUT2D eigenvalue weighted by Gasteiger charge is -2.56. The second-order valence-electron chi connectivity index (χ2n) is 11.3. The van der Waals surface area contributed by atoms with E-state index in [0.29, 0.717) is 29.9 Å². The highest BCUT2D eigenvalue weighted by atomic mass is 19.4. The monoisotopic (exact) mass is 506 g/mol. The zero-order valence-electron chi connectivity index (χ0n) is 19.8. The number of amides is 1. The quantitative estimate of drug-likeness (QED) is 0.319. The topological polar surface area (TPSA) is 108 Å². The molecule has 5 aliphatic carbocycles. The van der Waals surface area contributed by atoms with E-state index in [4.69, 9.17) is 0 Å². The number of aromatic nitrogens is 4. The van der Waals surface area contributed by atoms with Gasteiger partial charge in [0.1, 0.15) is 6.20 Å². The molecule has 194 valence electrons. The van der Waals surface area contributed by atoms with Gasteiger partial charge in [0, 0.05) is 24.7 Å². The summed E-state index contributed by atoms with van der Waals surface area (Å²) in [5.41, 5.74) is -1.08. The Kier molecular flexibility index (Phi) is 5.42. The molecule has 0 atom stereocenters. The molecule has 2 aromatic heterocycles. The number of nitro groups is 1. The van der Waals surface area contributed by atoms with Crippen molar-refractivity contribution in [3.8, 4) is 0 Å². The summed E-state index contributed by atoms with van der Waals surface area (Å²) in [7, 11) is 0. The zero-order chi connectivity index (χ0) is 25.2. The van der Waals surface area contributed by atoms with Gasteiger partial charge in [-0.3, -0.25) is 24.3 Å². The number of nitrogens with zero attached hydrogens (tertiary/aromatic N) is 5. The number of alkyl halides is 3. The first-order valence-electron chi connectivity index (χ1n) is 12.8. The van der Waals surface area contributed by atoms with Crippen LogP contribution < -0.4 is 5.32 Å². The summed E-state index contributed by atoms with van der Waals surface area (Å²) in [6.45, 7) is 0.359. The minimum atomic E-state index is -4.50. The van der Waals surface area contributed by atoms with Crippen molar-refractivity contribution in [3.63, 3.8) is 0 Å². The smallest absolute Gasteiger partial charge is 0.350 e. The molecular formula is C24H29F3N6O3. The first kappa shape index (κ1) is 23.5. The highest BCUT2D eigenvalue weighted by Gasteiger charge is 2.53. The molecule has 0 radical (unpaired) electrons. The standard InChI is InChI=1S/C24H29F3N6O3/c25-24(26,27)20-9-18(17-2-3-17)31(29-20)5-1-4-28-22(34)21-19(33(35)36)13-32(30-21)23-10-14-6-15(11-23)8-16(7-14)12-23/h9,13-17H,1-8,10-12H2,(H,28,34). The van der Waals surface area contributed by atoms with Crippen LogP contribution in [-0.4, -0.2) is 36.9 Å². The lowest BCUT2D eigenvalue weighted by Crippen LogP contribution is -2.52. The van der Waals surface area contributed by atoms with E-state index in [-0.39, 0.29) is 35.9 Å². The van der Waals surface area contributed by atoms with Crippen LogP contribution in [0, 0.1) is 27.9 Å². The second kappa shape index (κ2) is 8.31. The maximum Gasteiger partial charge on any atom is 0.435 e. The van der Waals surface area contributed by atoms with Crippen molar-refractivity contribution in [3.05, 3.63) is 39.5 Å². The van der Waals surface area contributed by atoms with Gasteiger partial charge in [-0.2, -0.15) is 23.4 Å². The Balaban J connectivity index is 1.13. The average Bonchev–Trinajstić information content (AvgIpc) is 3.36. The Morgan fingerprint density at radius 3 is 2.33 bits per heavy atom. The predicted octanol–water partition coefficient (Wildman–Crippen LogP) is 4.63. The van der Waals surface area contributed by atoms with E-state index in [1.807, 2.05) is 0 Å². The van der Waals surface area contributed by atoms with E-state index >= 15 is 0 Å². The highest BCUT2D eigenvalue weighted by Crippen LogP contribution is 2.58. The normalized spacial score (nSPS) is 29.0. The minimum absolute atomic E-state index is 0.0967. The highest BCUT2D eigenvalue weighted by molar-refractivity contribution is 5.96. The van der Waals surface area contributed by atoms with Crippen molar-refractivity contribution in [2.75, 3.05) is 6.54 Å². The molecule has 0 aliphatic heterocycles. The van der Waals surface area contributed by atoms with Crippen molar-refractivity contribution in [1.82, 2.24) is 24.9 Å². The maximum absolute atomic E-state index is 13.1. The lowest BCUT2D eigenvalue weighted by atomic mass is 9.53. The number of aryl methyl sites for hydroxylation is 1. The molecule has 36 heavy (non-hydrogen) atoms. The third kappa shape index (κ3) is 4.17. The van der Waals surface area contributed by atoms with Crippen molar-refractivity contribution < 1.29 is 22.9 Å². The molecule has 5 saturated carbocycles. The Morgan fingerprint density at radius 1 is 1.14 bits per heavy atom. The summed E-state index contributed by atoms with van der Waals surface area (Å²) >= 11 is 0. The molecule has 2 aromatic rings. The van der Waals surface area contributed by atoms with Crippen molar-refractivity contribution in [2.45, 2.75) is 82.0 Å². The summed E-state index contributed by atoms with van der Waals surface area (Å²) in [6, 6.07) is 1.11. The number of hydrogen-bond donors (Lipinski definition) is 1. The van der Waals surface area contributed by atoms with Gasteiger partial charge < -0.3 is 5.32 Å². The van der Waals surface area contributed by atoms with Crippen molar-refractivity contribution in [1.29, 1.82) is 0 Å². The Morgan fingerprint density at radius 2 is 1.78 bits per heavy atom. The van der Waals surface area contributed by atoms with Crippen LogP contribution in [-0.2, 0) is 18.3 Å². The summed E-state index contributed by atoms with van der Waals surface area (Å²) in [5.74, 6) is 1.33. The van der Waals surface area contributed by atoms with E-state index < -0.39 is 22.7 Å². The van der Waals surface area contributed by atoms with Gasteiger partial charge in [0.25, 0.3) is 5.91 Å². The molecule has 5 fully saturated rings. The van der Waals surface area contributed by atoms with E-state index in [0.717, 1.165) is 38.2 Å². The van der Waals surface area contributed by atoms with Crippen LogP contribution in [0.4, 0.5) is 18.9 Å². The first-order chi connectivity index (χ1) is 17.1. The molecule has 5 aliphatic rings. The molecule has 1 N–H and O–H groups in total. The third-order valence-corrected chi connectivity index (χ3v) is 8.53. The molecule has 0 aromatic carbocycles. The molecule has 7 rings (SSSR count). The van der Waals surface area contributed by atoms with E-state index in [2.05, 4.69) is 15.5 Å². The van der Waals surface area contributed by atoms with Gasteiger partial charge >= 0.3 is 11.9 Å². The van der Waals surface area contributed by atoms with Crippen LogP contribution in [0.15, 0.2) is 12.3 Å². The maximum atomic E-state index is 13.1. The van der Waals surface area contributed by atoms with Gasteiger partial charge in [0.2, 0.25) is 5.69 Å². The van der Waals surface area contributed by atoms with Gasteiger partial charge in [0.15, 0.2) is 5.69 Å². The molecule has 4 bridgehead atoms. The van der Waals surface area contributed by atoms with Crippen molar-refractivity contribution >= 4 is 11.6 Å². The average molecular weight is 507 g/mol. The summed E-state index contributed by atoms with van der Waals surface area (Å²) in [5, 5.41) is 22.6. The molecule has 9 nitrogen and oxygen atoms in total. The largest absolute Gasteiger partial charge is 0.435 e. The molecule has 1 amide bonds. The summed E-state index contributed by atoms with van der Waals surface area (Å²) in [6.07, 6.45) is 5.46. The number of halogens is 3. The summed E-state index contributed by atoms with van der Waals surface area (Å²) < 4.78 is 42.3. The molecule has 12 heteroatoms. The number of nitrogens with one attached hydrogen (secondary N) is 1. The van der Waals surface area contributed by atoms with Crippen LogP contribution in [0.3, 0.4) is 0 Å². The van der Waals surface area contributed by atoms with Crippen molar-refractivity contribution in [2.24, 2.45) is 17.8 Å². The van der Waals surface area contributed by atoms with Crippen LogP contribution in [0.1, 0.15) is 85.6 Å². The molecule has 0 unspecified atom stereocenters. The second-order valence-corrected chi connectivity index (χ2v) is 11.3. The van der Waals surface area contributed by atoms with E-state index in [9.17, 15) is 28.1 Å². The van der Waals surface area contributed by atoms with Gasteiger partial charge in [-0.15, -0.1) is 0 Å². The van der Waals surface area contributed by atoms with Gasteiger partial charge in [-0.25, -0.2) is 0 Å². The third-order valence-electron chi connectivity index (χ3n) is 8.53. The fraction of sp³-hybridized carbons (Fsp3) is 0.708. The zero-order valence-corrected chi connectivity index (χ0v) is 19.8. The lowest BCUT2D eigenvalue weighted by molar-refractivity contribution is -0.385. The Labute approximate surface area is 205 Å². The first-order valence-corrected chi connectivity index (χ1v) is 12.8. The van der Waals surface area contributed by atoms with Crippen LogP contribution >= 0.6 is 0 Å². The number of hydrogen-bond acceptors (Lipinski definition) is 5. The van der Waals surface area contributed by atoms with Gasteiger partial charge in [0.05, 0.1) is 10.5 Å². The molecule has 0 spiro atoms. The van der Waals surface area contributed by atoms with E-state index in [1.165, 1.54) is 30.1 Å². The molecular weight excluding hydrogens is 477 g/mol. The Hall–Kier alpha value is -2.92.